The molecule has 0 aliphatic heterocycles. The lowest BCUT2D eigenvalue weighted by molar-refractivity contribution is -0.116. The van der Waals surface area contributed by atoms with Crippen LogP contribution in [0.25, 0.3) is 0 Å². The quantitative estimate of drug-likeness (QED) is 0.525. The van der Waals surface area contributed by atoms with E-state index in [-0.39, 0.29) is 5.91 Å². The van der Waals surface area contributed by atoms with Crippen LogP contribution in [0.3, 0.4) is 0 Å². The normalized spacial score (nSPS) is 10.4. The smallest absolute Gasteiger partial charge is 0.337 e. The predicted octanol–water partition coefficient (Wildman–Crippen LogP) is 3.94. The Morgan fingerprint density at radius 3 is 2.42 bits per heavy atom. The summed E-state index contributed by atoms with van der Waals surface area (Å²) < 4.78 is 4.63. The summed E-state index contributed by atoms with van der Waals surface area (Å²) in [4.78, 5) is 23.3. The van der Waals surface area contributed by atoms with Crippen LogP contribution in [0, 0.1) is 0 Å². The Balaban J connectivity index is 1.68. The molecule has 0 aromatic heterocycles. The van der Waals surface area contributed by atoms with Crippen molar-refractivity contribution in [3.05, 3.63) is 63.6 Å². The van der Waals surface area contributed by atoms with Gasteiger partial charge in [0, 0.05) is 28.7 Å². The highest BCUT2D eigenvalue weighted by molar-refractivity contribution is 6.35. The van der Waals surface area contributed by atoms with Crippen LogP contribution < -0.4 is 10.6 Å². The lowest BCUT2D eigenvalue weighted by Crippen LogP contribution is -2.23. The first-order valence-electron chi connectivity index (χ1n) is 8.12. The summed E-state index contributed by atoms with van der Waals surface area (Å²) >= 11 is 12.0. The van der Waals surface area contributed by atoms with Crippen molar-refractivity contribution in [2.75, 3.05) is 25.5 Å². The molecule has 7 heteroatoms. The van der Waals surface area contributed by atoms with Crippen LogP contribution in [0.1, 0.15) is 22.3 Å². The summed E-state index contributed by atoms with van der Waals surface area (Å²) in [5.41, 5.74) is 2.09. The van der Waals surface area contributed by atoms with Crippen LogP contribution in [0.4, 0.5) is 5.69 Å². The monoisotopic (exact) mass is 394 g/mol. The third-order valence-corrected chi connectivity index (χ3v) is 4.29. The van der Waals surface area contributed by atoms with E-state index in [0.29, 0.717) is 40.8 Å². The zero-order valence-electron chi connectivity index (χ0n) is 14.4. The molecule has 0 saturated heterocycles. The summed E-state index contributed by atoms with van der Waals surface area (Å²) in [6.07, 6.45) is 1.10. The molecule has 2 aromatic carbocycles. The van der Waals surface area contributed by atoms with E-state index in [1.165, 1.54) is 7.11 Å². The van der Waals surface area contributed by atoms with Gasteiger partial charge in [-0.3, -0.25) is 4.79 Å². The second-order valence-corrected chi connectivity index (χ2v) is 6.45. The maximum Gasteiger partial charge on any atom is 0.337 e. The molecule has 2 N–H and O–H groups in total. The van der Waals surface area contributed by atoms with Gasteiger partial charge in [0.2, 0.25) is 5.91 Å². The van der Waals surface area contributed by atoms with Gasteiger partial charge in [-0.1, -0.05) is 29.3 Å². The van der Waals surface area contributed by atoms with Gasteiger partial charge in [0.05, 0.1) is 12.7 Å². The third-order valence-electron chi connectivity index (χ3n) is 3.70. The Morgan fingerprint density at radius 1 is 1.04 bits per heavy atom. The van der Waals surface area contributed by atoms with Crippen LogP contribution in [0.15, 0.2) is 42.5 Å². The first-order valence-corrected chi connectivity index (χ1v) is 8.88. The van der Waals surface area contributed by atoms with E-state index in [4.69, 9.17) is 23.2 Å². The van der Waals surface area contributed by atoms with E-state index < -0.39 is 5.97 Å². The van der Waals surface area contributed by atoms with Crippen molar-refractivity contribution in [2.45, 2.75) is 12.8 Å². The van der Waals surface area contributed by atoms with Crippen molar-refractivity contribution < 1.29 is 14.3 Å². The van der Waals surface area contributed by atoms with Crippen LogP contribution in [0.5, 0.6) is 0 Å². The second kappa shape index (κ2) is 10.2. The fourth-order valence-corrected chi connectivity index (χ4v) is 2.81. The predicted molar refractivity (Wildman–Crippen MR) is 104 cm³/mol. The Kier molecular flexibility index (Phi) is 7.91. The highest BCUT2D eigenvalue weighted by atomic mass is 35.5. The fourth-order valence-electron chi connectivity index (χ4n) is 2.31. The fraction of sp³-hybridized carbons (Fsp3) is 0.263. The van der Waals surface area contributed by atoms with Gasteiger partial charge in [0.15, 0.2) is 0 Å². The van der Waals surface area contributed by atoms with E-state index in [1.54, 1.807) is 30.3 Å². The average Bonchev–Trinajstić information content (AvgIpc) is 2.63. The van der Waals surface area contributed by atoms with E-state index in [0.717, 1.165) is 12.0 Å². The lowest BCUT2D eigenvalue weighted by atomic mass is 10.1. The van der Waals surface area contributed by atoms with Crippen molar-refractivity contribution in [3.8, 4) is 0 Å². The zero-order chi connectivity index (χ0) is 18.9. The number of anilines is 1. The highest BCUT2D eigenvalue weighted by Gasteiger charge is 2.06. The molecular weight excluding hydrogens is 375 g/mol. The number of ether oxygens (including phenoxy) is 1. The molecule has 0 aliphatic carbocycles. The highest BCUT2D eigenvalue weighted by Crippen LogP contribution is 2.21. The Bertz CT molecular complexity index is 764. The van der Waals surface area contributed by atoms with Crippen molar-refractivity contribution in [2.24, 2.45) is 0 Å². The van der Waals surface area contributed by atoms with Gasteiger partial charge in [-0.05, 0) is 54.9 Å². The molecule has 26 heavy (non-hydrogen) atoms. The van der Waals surface area contributed by atoms with Crippen LogP contribution in [-0.2, 0) is 16.0 Å². The number of esters is 1. The van der Waals surface area contributed by atoms with E-state index in [2.05, 4.69) is 15.4 Å². The molecule has 5 nitrogen and oxygen atoms in total. The number of halogens is 2. The summed E-state index contributed by atoms with van der Waals surface area (Å²) in [5.74, 6) is -0.513. The molecule has 0 radical (unpaired) electrons. The van der Waals surface area contributed by atoms with Gasteiger partial charge in [0.1, 0.15) is 0 Å². The van der Waals surface area contributed by atoms with Gasteiger partial charge in [-0.2, -0.15) is 0 Å². The first-order chi connectivity index (χ1) is 12.5. The van der Waals surface area contributed by atoms with Crippen LogP contribution >= 0.6 is 23.2 Å². The minimum atomic E-state index is -0.409. The number of rotatable bonds is 8. The third kappa shape index (κ3) is 6.33. The molecule has 0 heterocycles. The lowest BCUT2D eigenvalue weighted by Gasteiger charge is -2.08. The van der Waals surface area contributed by atoms with Crippen LogP contribution in [-0.4, -0.2) is 32.1 Å². The number of hydrogen-bond acceptors (Lipinski definition) is 4. The van der Waals surface area contributed by atoms with Crippen molar-refractivity contribution in [1.29, 1.82) is 0 Å². The Hall–Kier alpha value is -2.08. The summed E-state index contributed by atoms with van der Waals surface area (Å²) in [6.45, 7) is 1.26. The van der Waals surface area contributed by atoms with Crippen LogP contribution in [0.2, 0.25) is 10.0 Å². The van der Waals surface area contributed by atoms with Crippen molar-refractivity contribution in [1.82, 2.24) is 5.32 Å². The van der Waals surface area contributed by atoms with Gasteiger partial charge in [-0.25, -0.2) is 4.79 Å². The molecule has 0 spiro atoms. The zero-order valence-corrected chi connectivity index (χ0v) is 15.9. The van der Waals surface area contributed by atoms with E-state index in [1.807, 2.05) is 12.1 Å². The number of methoxy groups -OCH3 is 1. The molecule has 2 aromatic rings. The van der Waals surface area contributed by atoms with Gasteiger partial charge in [-0.15, -0.1) is 0 Å². The second-order valence-electron chi connectivity index (χ2n) is 5.60. The summed E-state index contributed by atoms with van der Waals surface area (Å²) in [7, 11) is 1.33. The van der Waals surface area contributed by atoms with Gasteiger partial charge >= 0.3 is 5.97 Å². The number of benzene rings is 2. The molecule has 0 atom stereocenters. The minimum Gasteiger partial charge on any atom is -0.465 e. The minimum absolute atomic E-state index is 0.104. The molecular formula is C19H20Cl2N2O3. The molecule has 0 unspecified atom stereocenters. The SMILES string of the molecule is COC(=O)c1ccc(NC(=O)CCNCCc2ccc(Cl)cc2Cl)cc1. The standard InChI is InChI=1S/C19H20Cl2N2O3/c1-26-19(25)14-3-6-16(7-4-14)23-18(24)9-11-22-10-8-13-2-5-15(20)12-17(13)21/h2-7,12,22H,8-11H2,1H3,(H,23,24). The topological polar surface area (TPSA) is 67.4 Å². The van der Waals surface area contributed by atoms with Gasteiger partial charge < -0.3 is 15.4 Å². The van der Waals surface area contributed by atoms with E-state index >= 15 is 0 Å². The Labute approximate surface area is 162 Å². The van der Waals surface area contributed by atoms with Crippen molar-refractivity contribution in [3.63, 3.8) is 0 Å². The molecule has 0 fully saturated rings. The van der Waals surface area contributed by atoms with Gasteiger partial charge in [0.25, 0.3) is 0 Å². The largest absolute Gasteiger partial charge is 0.465 e. The number of carbonyl (C=O) groups excluding carboxylic acids is 2. The average molecular weight is 395 g/mol. The number of amides is 1. The molecule has 0 bridgehead atoms. The summed E-state index contributed by atoms with van der Waals surface area (Å²) in [6, 6.07) is 12.0. The molecule has 0 saturated carbocycles. The maximum atomic E-state index is 11.9. The molecule has 0 aliphatic rings. The Morgan fingerprint density at radius 2 is 1.77 bits per heavy atom. The molecule has 2 rings (SSSR count). The summed E-state index contributed by atoms with van der Waals surface area (Å²) in [5, 5.41) is 7.25. The number of nitrogens with one attached hydrogen (secondary N) is 2. The number of hydrogen-bond donors (Lipinski definition) is 2. The van der Waals surface area contributed by atoms with E-state index in [9.17, 15) is 9.59 Å². The van der Waals surface area contributed by atoms with Crippen molar-refractivity contribution >= 4 is 40.8 Å². The maximum absolute atomic E-state index is 11.9. The molecule has 138 valence electrons. The number of carbonyl (C=O) groups is 2. The first kappa shape index (κ1) is 20.2. The molecule has 1 amide bonds.